The van der Waals surface area contributed by atoms with Crippen LogP contribution in [-0.4, -0.2) is 73.1 Å². The standard InChI is InChI=1S/C28H30N4O6/c33-26(23-7-4-16-37-23)30-22-10-8-21(9-11-22)25-24(27(34)29-12-13-31-14-17-36-18-15-31)32(28(35)38-25)19-20-5-2-1-3-6-20/h1-11,16,24-25H,12-15,17-19H2,(H,29,34)(H,30,33)/t24-,25-/m1/s1. The summed E-state index contributed by atoms with van der Waals surface area (Å²) in [5.41, 5.74) is 2.09. The number of hydrogen-bond acceptors (Lipinski definition) is 7. The lowest BCUT2D eigenvalue weighted by Crippen LogP contribution is -2.48. The molecule has 0 spiro atoms. The van der Waals surface area contributed by atoms with Crippen molar-refractivity contribution in [3.05, 3.63) is 89.9 Å². The van der Waals surface area contributed by atoms with Gasteiger partial charge >= 0.3 is 6.09 Å². The number of morpholine rings is 1. The van der Waals surface area contributed by atoms with Gasteiger partial charge in [0.2, 0.25) is 5.91 Å². The number of nitrogens with zero attached hydrogens (tertiary/aromatic N) is 2. The van der Waals surface area contributed by atoms with Gasteiger partial charge in [-0.25, -0.2) is 4.79 Å². The molecule has 0 radical (unpaired) electrons. The van der Waals surface area contributed by atoms with Crippen LogP contribution >= 0.6 is 0 Å². The number of carbonyl (C=O) groups is 3. The Morgan fingerprint density at radius 2 is 1.71 bits per heavy atom. The fraction of sp³-hybridized carbons (Fsp3) is 0.321. The molecule has 2 N–H and O–H groups in total. The number of anilines is 1. The van der Waals surface area contributed by atoms with Gasteiger partial charge in [-0.2, -0.15) is 0 Å². The van der Waals surface area contributed by atoms with E-state index in [0.29, 0.717) is 37.6 Å². The molecule has 0 bridgehead atoms. The Morgan fingerprint density at radius 1 is 0.947 bits per heavy atom. The number of ether oxygens (including phenoxy) is 2. The molecule has 5 rings (SSSR count). The maximum absolute atomic E-state index is 13.5. The van der Waals surface area contributed by atoms with Crippen molar-refractivity contribution < 1.29 is 28.3 Å². The second-order valence-electron chi connectivity index (χ2n) is 9.16. The van der Waals surface area contributed by atoms with Crippen LogP contribution < -0.4 is 10.6 Å². The monoisotopic (exact) mass is 518 g/mol. The molecule has 10 heteroatoms. The van der Waals surface area contributed by atoms with Gasteiger partial charge in [-0.1, -0.05) is 42.5 Å². The summed E-state index contributed by atoms with van der Waals surface area (Å²) in [6.07, 6.45) is 0.0755. The zero-order valence-corrected chi connectivity index (χ0v) is 20.9. The average molecular weight is 519 g/mol. The summed E-state index contributed by atoms with van der Waals surface area (Å²) in [5.74, 6) is -0.453. The van der Waals surface area contributed by atoms with Crippen LogP contribution in [0.2, 0.25) is 0 Å². The van der Waals surface area contributed by atoms with Crippen molar-refractivity contribution in [2.24, 2.45) is 0 Å². The maximum atomic E-state index is 13.5. The van der Waals surface area contributed by atoms with Crippen molar-refractivity contribution in [2.45, 2.75) is 18.7 Å². The Balaban J connectivity index is 1.30. The number of nitrogens with one attached hydrogen (secondary N) is 2. The third-order valence-corrected chi connectivity index (χ3v) is 6.62. The van der Waals surface area contributed by atoms with Gasteiger partial charge in [0.05, 0.1) is 26.0 Å². The molecule has 1 aromatic heterocycles. The van der Waals surface area contributed by atoms with Gasteiger partial charge in [0.15, 0.2) is 17.9 Å². The first-order chi connectivity index (χ1) is 18.6. The van der Waals surface area contributed by atoms with Gasteiger partial charge in [-0.3, -0.25) is 19.4 Å². The molecule has 0 saturated carbocycles. The number of rotatable bonds is 9. The van der Waals surface area contributed by atoms with Crippen LogP contribution in [0.15, 0.2) is 77.4 Å². The van der Waals surface area contributed by atoms with Gasteiger partial charge in [-0.05, 0) is 35.4 Å². The van der Waals surface area contributed by atoms with Crippen LogP contribution in [0.3, 0.4) is 0 Å². The summed E-state index contributed by atoms with van der Waals surface area (Å²) >= 11 is 0. The molecule has 2 aliphatic rings. The zero-order chi connectivity index (χ0) is 26.3. The highest BCUT2D eigenvalue weighted by Gasteiger charge is 2.46. The smallest absolute Gasteiger partial charge is 0.411 e. The normalized spacial score (nSPS) is 19.7. The van der Waals surface area contributed by atoms with Crippen molar-refractivity contribution in [1.82, 2.24) is 15.1 Å². The number of amides is 3. The Hall–Kier alpha value is -4.15. The maximum Gasteiger partial charge on any atom is 0.411 e. The minimum Gasteiger partial charge on any atom is -0.459 e. The van der Waals surface area contributed by atoms with E-state index in [1.54, 1.807) is 36.4 Å². The van der Waals surface area contributed by atoms with Crippen LogP contribution in [0.4, 0.5) is 10.5 Å². The van der Waals surface area contributed by atoms with E-state index in [1.807, 2.05) is 30.3 Å². The first-order valence-electron chi connectivity index (χ1n) is 12.6. The fourth-order valence-corrected chi connectivity index (χ4v) is 4.61. The predicted molar refractivity (Wildman–Crippen MR) is 138 cm³/mol. The average Bonchev–Trinajstić information content (AvgIpc) is 3.59. The summed E-state index contributed by atoms with van der Waals surface area (Å²) < 4.78 is 16.3. The van der Waals surface area contributed by atoms with E-state index in [0.717, 1.165) is 18.7 Å². The summed E-state index contributed by atoms with van der Waals surface area (Å²) in [7, 11) is 0. The molecule has 10 nitrogen and oxygen atoms in total. The quantitative estimate of drug-likeness (QED) is 0.448. The van der Waals surface area contributed by atoms with Crippen molar-refractivity contribution in [2.75, 3.05) is 44.7 Å². The topological polar surface area (TPSA) is 113 Å². The van der Waals surface area contributed by atoms with E-state index in [9.17, 15) is 14.4 Å². The highest BCUT2D eigenvalue weighted by Crippen LogP contribution is 2.34. The van der Waals surface area contributed by atoms with Crippen LogP contribution in [0.1, 0.15) is 27.8 Å². The first kappa shape index (κ1) is 25.5. The Morgan fingerprint density at radius 3 is 2.42 bits per heavy atom. The van der Waals surface area contributed by atoms with Crippen molar-refractivity contribution in [3.8, 4) is 0 Å². The van der Waals surface area contributed by atoms with Gasteiger partial charge in [0.1, 0.15) is 0 Å². The van der Waals surface area contributed by atoms with Gasteiger partial charge < -0.3 is 24.5 Å². The number of furan rings is 1. The molecular weight excluding hydrogens is 488 g/mol. The van der Waals surface area contributed by atoms with E-state index in [4.69, 9.17) is 13.9 Å². The Labute approximate surface area is 220 Å². The lowest BCUT2D eigenvalue weighted by atomic mass is 10.00. The summed E-state index contributed by atoms with van der Waals surface area (Å²) in [6.45, 7) is 4.42. The minimum absolute atomic E-state index is 0.198. The second kappa shape index (κ2) is 11.9. The molecule has 2 atom stereocenters. The summed E-state index contributed by atoms with van der Waals surface area (Å²) in [5, 5.41) is 5.76. The molecule has 2 aromatic carbocycles. The molecular formula is C28H30N4O6. The van der Waals surface area contributed by atoms with Crippen LogP contribution in [0.25, 0.3) is 0 Å². The molecule has 3 heterocycles. The minimum atomic E-state index is -0.851. The molecule has 0 unspecified atom stereocenters. The number of carbonyl (C=O) groups excluding carboxylic acids is 3. The largest absolute Gasteiger partial charge is 0.459 e. The van der Waals surface area contributed by atoms with E-state index in [-0.39, 0.29) is 24.1 Å². The van der Waals surface area contributed by atoms with Crippen LogP contribution in [0.5, 0.6) is 0 Å². The third-order valence-electron chi connectivity index (χ3n) is 6.62. The van der Waals surface area contributed by atoms with Crippen molar-refractivity contribution in [1.29, 1.82) is 0 Å². The third kappa shape index (κ3) is 6.04. The highest BCUT2D eigenvalue weighted by molar-refractivity contribution is 6.02. The fourth-order valence-electron chi connectivity index (χ4n) is 4.61. The summed E-state index contributed by atoms with van der Waals surface area (Å²) in [6, 6.07) is 18.8. The molecule has 3 aromatic rings. The Kier molecular flexibility index (Phi) is 8.01. The van der Waals surface area contributed by atoms with E-state index >= 15 is 0 Å². The zero-order valence-electron chi connectivity index (χ0n) is 20.9. The molecule has 0 aliphatic carbocycles. The molecule has 3 amide bonds. The van der Waals surface area contributed by atoms with Crippen molar-refractivity contribution in [3.63, 3.8) is 0 Å². The van der Waals surface area contributed by atoms with Crippen molar-refractivity contribution >= 4 is 23.6 Å². The molecule has 2 fully saturated rings. The molecule has 198 valence electrons. The molecule has 2 aliphatic heterocycles. The first-order valence-corrected chi connectivity index (χ1v) is 12.6. The lowest BCUT2D eigenvalue weighted by molar-refractivity contribution is -0.126. The second-order valence-corrected chi connectivity index (χ2v) is 9.16. The van der Waals surface area contributed by atoms with E-state index in [1.165, 1.54) is 11.2 Å². The number of hydrogen-bond donors (Lipinski definition) is 2. The SMILES string of the molecule is O=C(Nc1ccc([C@H]2OC(=O)N(Cc3ccccc3)[C@H]2C(=O)NCCN2CCOCC2)cc1)c1ccco1. The van der Waals surface area contributed by atoms with Crippen LogP contribution in [-0.2, 0) is 20.8 Å². The lowest BCUT2D eigenvalue weighted by Gasteiger charge is -2.28. The van der Waals surface area contributed by atoms with Gasteiger partial charge in [0, 0.05) is 31.9 Å². The molecule has 38 heavy (non-hydrogen) atoms. The van der Waals surface area contributed by atoms with Gasteiger partial charge in [0.25, 0.3) is 5.91 Å². The highest BCUT2D eigenvalue weighted by atomic mass is 16.6. The number of benzene rings is 2. The van der Waals surface area contributed by atoms with Gasteiger partial charge in [-0.15, -0.1) is 0 Å². The number of cyclic esters (lactones) is 1. The van der Waals surface area contributed by atoms with E-state index < -0.39 is 18.2 Å². The molecule has 2 saturated heterocycles. The predicted octanol–water partition coefficient (Wildman–Crippen LogP) is 3.04. The van der Waals surface area contributed by atoms with Crippen LogP contribution in [0, 0.1) is 0 Å². The van der Waals surface area contributed by atoms with E-state index in [2.05, 4.69) is 15.5 Å². The Bertz CT molecular complexity index is 1230. The summed E-state index contributed by atoms with van der Waals surface area (Å²) in [4.78, 5) is 42.4.